The molecular weight excluding hydrogens is 314 g/mol. The minimum Gasteiger partial charge on any atom is -0.490 e. The topological polar surface area (TPSA) is 47.6 Å². The molecule has 0 aliphatic heterocycles. The fraction of sp³-hybridized carbons (Fsp3) is 0.476. The highest BCUT2D eigenvalue weighted by atomic mass is 16.5. The molecule has 0 radical (unpaired) electrons. The van der Waals surface area contributed by atoms with Crippen molar-refractivity contribution in [2.24, 2.45) is 0 Å². The second-order valence-electron chi connectivity index (χ2n) is 6.47. The molecule has 2 aromatic rings. The summed E-state index contributed by atoms with van der Waals surface area (Å²) in [5.41, 5.74) is -0.0571. The Hall–Kier alpha value is -2.07. The molecule has 0 aromatic heterocycles. The fourth-order valence-electron chi connectivity index (χ4n) is 2.68. The van der Waals surface area contributed by atoms with E-state index in [-0.39, 0.29) is 12.0 Å². The zero-order chi connectivity index (χ0) is 18.4. The normalized spacial score (nSPS) is 14.8. The SMILES string of the molecule is CCO[C@](C)(CC)C(=O)Nc1ccc(O[C@H](C)CC)c2ccccc12. The number of amides is 1. The molecule has 2 atom stereocenters. The maximum absolute atomic E-state index is 12.7. The van der Waals surface area contributed by atoms with Crippen molar-refractivity contribution >= 4 is 22.4 Å². The van der Waals surface area contributed by atoms with Crippen LogP contribution in [-0.2, 0) is 9.53 Å². The number of benzene rings is 2. The van der Waals surface area contributed by atoms with Crippen molar-refractivity contribution in [2.75, 3.05) is 11.9 Å². The Morgan fingerprint density at radius 2 is 1.80 bits per heavy atom. The molecule has 0 unspecified atom stereocenters. The largest absolute Gasteiger partial charge is 0.490 e. The van der Waals surface area contributed by atoms with Gasteiger partial charge in [0.15, 0.2) is 0 Å². The summed E-state index contributed by atoms with van der Waals surface area (Å²) in [7, 11) is 0. The second-order valence-corrected chi connectivity index (χ2v) is 6.47. The van der Waals surface area contributed by atoms with Crippen molar-refractivity contribution < 1.29 is 14.3 Å². The number of hydrogen-bond acceptors (Lipinski definition) is 3. The highest BCUT2D eigenvalue weighted by Crippen LogP contribution is 2.33. The summed E-state index contributed by atoms with van der Waals surface area (Å²) in [5.74, 6) is 0.712. The van der Waals surface area contributed by atoms with Gasteiger partial charge in [-0.15, -0.1) is 0 Å². The Morgan fingerprint density at radius 3 is 2.40 bits per heavy atom. The summed E-state index contributed by atoms with van der Waals surface area (Å²) in [6, 6.07) is 11.8. The molecule has 4 heteroatoms. The van der Waals surface area contributed by atoms with E-state index < -0.39 is 5.60 Å². The van der Waals surface area contributed by atoms with Crippen LogP contribution in [0.2, 0.25) is 0 Å². The Balaban J connectivity index is 2.37. The lowest BCUT2D eigenvalue weighted by Crippen LogP contribution is -2.42. The molecule has 4 nitrogen and oxygen atoms in total. The van der Waals surface area contributed by atoms with Crippen molar-refractivity contribution in [1.29, 1.82) is 0 Å². The van der Waals surface area contributed by atoms with Crippen LogP contribution in [0.25, 0.3) is 10.8 Å². The molecule has 0 saturated heterocycles. The first kappa shape index (κ1) is 19.3. The van der Waals surface area contributed by atoms with E-state index in [2.05, 4.69) is 19.2 Å². The Morgan fingerprint density at radius 1 is 1.12 bits per heavy atom. The molecule has 0 bridgehead atoms. The Kier molecular flexibility index (Phi) is 6.43. The van der Waals surface area contributed by atoms with E-state index in [9.17, 15) is 4.79 Å². The van der Waals surface area contributed by atoms with Crippen LogP contribution < -0.4 is 10.1 Å². The van der Waals surface area contributed by atoms with Gasteiger partial charge in [-0.3, -0.25) is 4.79 Å². The Bertz CT molecular complexity index is 728. The monoisotopic (exact) mass is 343 g/mol. The summed E-state index contributed by atoms with van der Waals surface area (Å²) in [5, 5.41) is 5.00. The highest BCUT2D eigenvalue weighted by molar-refractivity contribution is 6.06. The van der Waals surface area contributed by atoms with Gasteiger partial charge in [-0.25, -0.2) is 0 Å². The predicted octanol–water partition coefficient (Wildman–Crippen LogP) is 5.16. The van der Waals surface area contributed by atoms with Gasteiger partial charge >= 0.3 is 0 Å². The molecule has 136 valence electrons. The van der Waals surface area contributed by atoms with Crippen molar-refractivity contribution in [3.05, 3.63) is 36.4 Å². The van der Waals surface area contributed by atoms with Crippen LogP contribution in [0.15, 0.2) is 36.4 Å². The third kappa shape index (κ3) is 4.31. The van der Waals surface area contributed by atoms with Gasteiger partial charge in [0.05, 0.1) is 6.10 Å². The van der Waals surface area contributed by atoms with E-state index in [0.29, 0.717) is 13.0 Å². The summed E-state index contributed by atoms with van der Waals surface area (Å²) >= 11 is 0. The van der Waals surface area contributed by atoms with Crippen LogP contribution in [0, 0.1) is 0 Å². The van der Waals surface area contributed by atoms with E-state index >= 15 is 0 Å². The molecule has 0 aliphatic carbocycles. The number of nitrogens with one attached hydrogen (secondary N) is 1. The van der Waals surface area contributed by atoms with Crippen LogP contribution in [0.3, 0.4) is 0 Å². The third-order valence-corrected chi connectivity index (χ3v) is 4.65. The average Bonchev–Trinajstić information content (AvgIpc) is 2.63. The Labute approximate surface area is 150 Å². The lowest BCUT2D eigenvalue weighted by Gasteiger charge is -2.27. The van der Waals surface area contributed by atoms with Crippen LogP contribution in [0.1, 0.15) is 47.5 Å². The number of hydrogen-bond donors (Lipinski definition) is 1. The number of anilines is 1. The zero-order valence-corrected chi connectivity index (χ0v) is 15.9. The predicted molar refractivity (Wildman–Crippen MR) is 103 cm³/mol. The first-order valence-electron chi connectivity index (χ1n) is 9.09. The summed E-state index contributed by atoms with van der Waals surface area (Å²) in [6.07, 6.45) is 1.70. The van der Waals surface area contributed by atoms with Crippen molar-refractivity contribution in [1.82, 2.24) is 0 Å². The highest BCUT2D eigenvalue weighted by Gasteiger charge is 2.32. The summed E-state index contributed by atoms with van der Waals surface area (Å²) in [6.45, 7) is 10.3. The number of carbonyl (C=O) groups excluding carboxylic acids is 1. The molecule has 0 fully saturated rings. The molecule has 1 amide bonds. The minimum atomic E-state index is -0.832. The van der Waals surface area contributed by atoms with Crippen molar-refractivity contribution in [2.45, 2.75) is 59.2 Å². The van der Waals surface area contributed by atoms with Crippen molar-refractivity contribution in [3.8, 4) is 5.75 Å². The molecule has 0 saturated carbocycles. The molecule has 0 heterocycles. The molecular formula is C21H29NO3. The van der Waals surface area contributed by atoms with Gasteiger partial charge in [-0.1, -0.05) is 38.1 Å². The minimum absolute atomic E-state index is 0.127. The van der Waals surface area contributed by atoms with Gasteiger partial charge < -0.3 is 14.8 Å². The van der Waals surface area contributed by atoms with Crippen LogP contribution in [0.4, 0.5) is 5.69 Å². The molecule has 0 spiro atoms. The summed E-state index contributed by atoms with van der Waals surface area (Å²) in [4.78, 5) is 12.7. The fourth-order valence-corrected chi connectivity index (χ4v) is 2.68. The molecule has 25 heavy (non-hydrogen) atoms. The van der Waals surface area contributed by atoms with Gasteiger partial charge in [-0.05, 0) is 45.7 Å². The van der Waals surface area contributed by atoms with Gasteiger partial charge in [0.2, 0.25) is 0 Å². The zero-order valence-electron chi connectivity index (χ0n) is 15.9. The number of ether oxygens (including phenoxy) is 2. The maximum Gasteiger partial charge on any atom is 0.256 e. The van der Waals surface area contributed by atoms with E-state index in [1.807, 2.05) is 57.2 Å². The van der Waals surface area contributed by atoms with Gasteiger partial charge in [0, 0.05) is 23.1 Å². The number of carbonyl (C=O) groups is 1. The van der Waals surface area contributed by atoms with Crippen molar-refractivity contribution in [3.63, 3.8) is 0 Å². The van der Waals surface area contributed by atoms with E-state index in [4.69, 9.17) is 9.47 Å². The van der Waals surface area contributed by atoms with E-state index in [0.717, 1.165) is 28.6 Å². The smallest absolute Gasteiger partial charge is 0.256 e. The quantitative estimate of drug-likeness (QED) is 0.720. The number of rotatable bonds is 8. The van der Waals surface area contributed by atoms with Crippen LogP contribution in [-0.4, -0.2) is 24.2 Å². The van der Waals surface area contributed by atoms with Gasteiger partial charge in [-0.2, -0.15) is 0 Å². The van der Waals surface area contributed by atoms with Gasteiger partial charge in [0.1, 0.15) is 11.4 Å². The van der Waals surface area contributed by atoms with E-state index in [1.165, 1.54) is 0 Å². The second kappa shape index (κ2) is 8.34. The van der Waals surface area contributed by atoms with Gasteiger partial charge in [0.25, 0.3) is 5.91 Å². The molecule has 2 rings (SSSR count). The lowest BCUT2D eigenvalue weighted by atomic mass is 10.0. The first-order chi connectivity index (χ1) is 11.9. The van der Waals surface area contributed by atoms with Crippen LogP contribution in [0.5, 0.6) is 5.75 Å². The molecule has 2 aromatic carbocycles. The number of fused-ring (bicyclic) bond motifs is 1. The third-order valence-electron chi connectivity index (χ3n) is 4.65. The molecule has 0 aliphatic rings. The maximum atomic E-state index is 12.7. The average molecular weight is 343 g/mol. The summed E-state index contributed by atoms with van der Waals surface area (Å²) < 4.78 is 11.7. The van der Waals surface area contributed by atoms with Crippen LogP contribution >= 0.6 is 0 Å². The van der Waals surface area contributed by atoms with E-state index in [1.54, 1.807) is 0 Å². The lowest BCUT2D eigenvalue weighted by molar-refractivity contribution is -0.139. The first-order valence-corrected chi connectivity index (χ1v) is 9.09. The molecule has 1 N–H and O–H groups in total. The standard InChI is InChI=1S/C21H29NO3/c1-6-15(4)25-19-14-13-18(16-11-9-10-12-17(16)19)22-20(23)21(5,7-2)24-8-3/h9-15H,6-8H2,1-5H3,(H,22,23)/t15-,21-/m1/s1.